The Morgan fingerprint density at radius 3 is 3.16 bits per heavy atom. The van der Waals surface area contributed by atoms with Crippen molar-refractivity contribution in [3.8, 4) is 6.07 Å². The minimum Gasteiger partial charge on any atom is -0.397 e. The van der Waals surface area contributed by atoms with Gasteiger partial charge in [-0.05, 0) is 24.8 Å². The number of aromatic nitrogens is 1. The van der Waals surface area contributed by atoms with Crippen molar-refractivity contribution in [2.24, 2.45) is 11.7 Å². The largest absolute Gasteiger partial charge is 0.397 e. The molecule has 2 aromatic rings. The van der Waals surface area contributed by atoms with Crippen LogP contribution in [0.2, 0.25) is 0 Å². The molecule has 3 rings (SSSR count). The fourth-order valence-corrected chi connectivity index (χ4v) is 4.20. The number of nitriles is 1. The number of carbonyl (C=O) groups excluding carboxylic acids is 1. The van der Waals surface area contributed by atoms with Gasteiger partial charge in [-0.2, -0.15) is 5.26 Å². The topological polar surface area (TPSA) is 118 Å². The summed E-state index contributed by atoms with van der Waals surface area (Å²) in [5, 5.41) is 9.39. The second-order valence-electron chi connectivity index (χ2n) is 6.16. The van der Waals surface area contributed by atoms with Crippen molar-refractivity contribution in [3.63, 3.8) is 0 Å². The monoisotopic (exact) mass is 359 g/mol. The third-order valence-electron chi connectivity index (χ3n) is 4.40. The Morgan fingerprint density at radius 2 is 2.40 bits per heavy atom. The molecule has 0 aliphatic carbocycles. The number of hydrogen-bond donors (Lipinski definition) is 2. The summed E-state index contributed by atoms with van der Waals surface area (Å²) in [5.74, 6) is -0.111. The molecule has 25 heavy (non-hydrogen) atoms. The van der Waals surface area contributed by atoms with Crippen LogP contribution in [-0.4, -0.2) is 37.2 Å². The average Bonchev–Trinajstić information content (AvgIpc) is 2.96. The van der Waals surface area contributed by atoms with Gasteiger partial charge in [0, 0.05) is 19.3 Å². The van der Waals surface area contributed by atoms with Gasteiger partial charge in [-0.3, -0.25) is 4.79 Å². The number of fused-ring (bicyclic) bond motifs is 1. The predicted molar refractivity (Wildman–Crippen MR) is 98.5 cm³/mol. The molecule has 1 unspecified atom stereocenters. The number of nitrogens with two attached hydrogens (primary N) is 2. The number of hydrogen-bond acceptors (Lipinski definition) is 7. The highest BCUT2D eigenvalue weighted by Crippen LogP contribution is 2.39. The zero-order chi connectivity index (χ0) is 17.8. The van der Waals surface area contributed by atoms with Crippen LogP contribution in [0.3, 0.4) is 0 Å². The quantitative estimate of drug-likeness (QED) is 0.763. The molecular formula is C17H21N5O2S. The van der Waals surface area contributed by atoms with E-state index in [9.17, 15) is 4.79 Å². The Balaban J connectivity index is 1.81. The van der Waals surface area contributed by atoms with Crippen LogP contribution in [0.5, 0.6) is 0 Å². The van der Waals surface area contributed by atoms with Crippen molar-refractivity contribution >= 4 is 38.8 Å². The van der Waals surface area contributed by atoms with E-state index in [1.807, 2.05) is 6.07 Å². The summed E-state index contributed by atoms with van der Waals surface area (Å²) in [7, 11) is 0. The molecule has 0 radical (unpaired) electrons. The maximum atomic E-state index is 11.6. The molecular weight excluding hydrogens is 338 g/mol. The molecule has 0 bridgehead atoms. The number of piperidine rings is 1. The molecule has 0 spiro atoms. The van der Waals surface area contributed by atoms with Gasteiger partial charge in [0.15, 0.2) is 0 Å². The normalized spacial score (nSPS) is 17.6. The first kappa shape index (κ1) is 17.5. The number of nitrogens with zero attached hydrogens (tertiary/aromatic N) is 3. The molecule has 1 atom stereocenters. The summed E-state index contributed by atoms with van der Waals surface area (Å²) in [6, 6.07) is 4.02. The molecule has 1 fully saturated rings. The third-order valence-corrected chi connectivity index (χ3v) is 5.53. The van der Waals surface area contributed by atoms with Crippen molar-refractivity contribution in [1.29, 1.82) is 5.26 Å². The average molecular weight is 359 g/mol. The Kier molecular flexibility index (Phi) is 5.36. The van der Waals surface area contributed by atoms with Crippen LogP contribution in [0.1, 0.15) is 28.9 Å². The first-order valence-corrected chi connectivity index (χ1v) is 9.10. The molecule has 1 amide bonds. The van der Waals surface area contributed by atoms with Gasteiger partial charge in [-0.1, -0.05) is 0 Å². The van der Waals surface area contributed by atoms with Gasteiger partial charge in [0.1, 0.15) is 9.71 Å². The molecule has 1 saturated heterocycles. The van der Waals surface area contributed by atoms with Crippen LogP contribution < -0.4 is 16.4 Å². The SMILES string of the molecule is N#CCCOCC1CCCN(c2ccnc3sc(C(N)=O)c(N)c23)C1. The number of pyridine rings is 1. The molecule has 1 aliphatic rings. The summed E-state index contributed by atoms with van der Waals surface area (Å²) in [6.45, 7) is 2.91. The highest BCUT2D eigenvalue weighted by atomic mass is 32.1. The van der Waals surface area contributed by atoms with Crippen molar-refractivity contribution < 1.29 is 9.53 Å². The number of nitrogen functional groups attached to an aromatic ring is 1. The molecule has 0 aromatic carbocycles. The second kappa shape index (κ2) is 7.68. The van der Waals surface area contributed by atoms with Gasteiger partial charge in [0.2, 0.25) is 0 Å². The van der Waals surface area contributed by atoms with Crippen molar-refractivity contribution in [2.75, 3.05) is 36.9 Å². The van der Waals surface area contributed by atoms with Crippen molar-refractivity contribution in [1.82, 2.24) is 4.98 Å². The Bertz CT molecular complexity index is 813. The summed E-state index contributed by atoms with van der Waals surface area (Å²) < 4.78 is 5.60. The summed E-state index contributed by atoms with van der Waals surface area (Å²) >= 11 is 1.24. The van der Waals surface area contributed by atoms with Crippen molar-refractivity contribution in [3.05, 3.63) is 17.1 Å². The zero-order valence-corrected chi connectivity index (χ0v) is 14.7. The molecule has 7 nitrogen and oxygen atoms in total. The molecule has 4 N–H and O–H groups in total. The highest BCUT2D eigenvalue weighted by molar-refractivity contribution is 7.21. The van der Waals surface area contributed by atoms with Gasteiger partial charge in [-0.25, -0.2) is 4.98 Å². The number of primary amides is 1. The second-order valence-corrected chi connectivity index (χ2v) is 7.16. The first-order chi connectivity index (χ1) is 12.1. The van der Waals surface area contributed by atoms with Gasteiger partial charge in [-0.15, -0.1) is 11.3 Å². The maximum absolute atomic E-state index is 11.6. The highest BCUT2D eigenvalue weighted by Gasteiger charge is 2.24. The number of ether oxygens (including phenoxy) is 1. The number of thiophene rings is 1. The van der Waals surface area contributed by atoms with Crippen LogP contribution in [0.25, 0.3) is 10.2 Å². The minimum absolute atomic E-state index is 0.364. The van der Waals surface area contributed by atoms with Gasteiger partial charge in [0.25, 0.3) is 5.91 Å². The molecule has 3 heterocycles. The maximum Gasteiger partial charge on any atom is 0.260 e. The fraction of sp³-hybridized carbons (Fsp3) is 0.471. The lowest BCUT2D eigenvalue weighted by molar-refractivity contribution is 0.0977. The van der Waals surface area contributed by atoms with Crippen molar-refractivity contribution in [2.45, 2.75) is 19.3 Å². The van der Waals surface area contributed by atoms with Gasteiger partial charge in [0.05, 0.1) is 42.5 Å². The van der Waals surface area contributed by atoms with E-state index in [-0.39, 0.29) is 0 Å². The number of carbonyl (C=O) groups is 1. The lowest BCUT2D eigenvalue weighted by Crippen LogP contribution is -2.37. The van der Waals surface area contributed by atoms with E-state index in [1.165, 1.54) is 11.3 Å². The van der Waals surface area contributed by atoms with E-state index >= 15 is 0 Å². The smallest absolute Gasteiger partial charge is 0.260 e. The van der Waals surface area contributed by atoms with Crippen LogP contribution in [0.15, 0.2) is 12.3 Å². The Labute approximate surface area is 150 Å². The molecule has 1 aliphatic heterocycles. The first-order valence-electron chi connectivity index (χ1n) is 8.28. The van der Waals surface area contributed by atoms with E-state index in [4.69, 9.17) is 21.5 Å². The van der Waals surface area contributed by atoms with Crippen LogP contribution in [0.4, 0.5) is 11.4 Å². The van der Waals surface area contributed by atoms with Gasteiger partial charge >= 0.3 is 0 Å². The lowest BCUT2D eigenvalue weighted by Gasteiger charge is -2.34. The number of anilines is 2. The van der Waals surface area contributed by atoms with E-state index < -0.39 is 5.91 Å². The van der Waals surface area contributed by atoms with Crippen LogP contribution in [0, 0.1) is 17.2 Å². The molecule has 8 heteroatoms. The fourth-order valence-electron chi connectivity index (χ4n) is 3.26. The molecule has 132 valence electrons. The summed E-state index contributed by atoms with van der Waals surface area (Å²) in [4.78, 5) is 19.3. The number of amides is 1. The summed E-state index contributed by atoms with van der Waals surface area (Å²) in [6.07, 6.45) is 4.32. The minimum atomic E-state index is -0.520. The standard InChI is InChI=1S/C17H21N5O2S/c18-5-2-8-24-10-11-3-1-7-22(9-11)12-4-6-21-17-13(12)14(19)15(25-17)16(20)23/h4,6,11H,1-3,7-10,19H2,(H2,20,23). The Morgan fingerprint density at radius 1 is 1.56 bits per heavy atom. The Hall–Kier alpha value is -2.37. The molecule has 2 aromatic heterocycles. The summed E-state index contributed by atoms with van der Waals surface area (Å²) in [5.41, 5.74) is 13.0. The van der Waals surface area contributed by atoms with Crippen LogP contribution in [-0.2, 0) is 4.74 Å². The van der Waals surface area contributed by atoms with E-state index in [0.29, 0.717) is 36.1 Å². The van der Waals surface area contributed by atoms with E-state index in [0.717, 1.165) is 41.8 Å². The van der Waals surface area contributed by atoms with E-state index in [2.05, 4.69) is 16.0 Å². The zero-order valence-electron chi connectivity index (χ0n) is 13.9. The third kappa shape index (κ3) is 3.67. The number of rotatable bonds is 6. The predicted octanol–water partition coefficient (Wildman–Crippen LogP) is 2.12. The molecule has 0 saturated carbocycles. The van der Waals surface area contributed by atoms with E-state index in [1.54, 1.807) is 6.20 Å². The van der Waals surface area contributed by atoms with Crippen LogP contribution >= 0.6 is 11.3 Å². The lowest BCUT2D eigenvalue weighted by atomic mass is 9.98. The van der Waals surface area contributed by atoms with Gasteiger partial charge < -0.3 is 21.1 Å².